The molecule has 2 rings (SSSR count). The Balaban J connectivity index is 2.30. The fourth-order valence-electron chi connectivity index (χ4n) is 1.71. The molecule has 0 aliphatic heterocycles. The molecule has 0 aromatic heterocycles. The molecule has 0 saturated carbocycles. The van der Waals surface area contributed by atoms with Crippen molar-refractivity contribution in [1.29, 1.82) is 0 Å². The predicted octanol–water partition coefficient (Wildman–Crippen LogP) is 3.68. The second-order valence-electron chi connectivity index (χ2n) is 4.27. The first kappa shape index (κ1) is 14.0. The van der Waals surface area contributed by atoms with Crippen molar-refractivity contribution in [2.24, 2.45) is 0 Å². The molecule has 0 bridgehead atoms. The third-order valence-electron chi connectivity index (χ3n) is 2.71. The molecule has 0 spiro atoms. The van der Waals surface area contributed by atoms with Crippen LogP contribution in [-0.4, -0.2) is 4.21 Å². The Labute approximate surface area is 118 Å². The predicted molar refractivity (Wildman–Crippen MR) is 77.1 cm³/mol. The summed E-state index contributed by atoms with van der Waals surface area (Å²) in [5.74, 6) is -0.357. The maximum atomic E-state index is 13.6. The maximum absolute atomic E-state index is 13.6. The van der Waals surface area contributed by atoms with E-state index in [2.05, 4.69) is 0 Å². The Morgan fingerprint density at radius 3 is 2.74 bits per heavy atom. The summed E-state index contributed by atoms with van der Waals surface area (Å²) in [5, 5.41) is 0.422. The molecule has 0 radical (unpaired) electrons. The van der Waals surface area contributed by atoms with Gasteiger partial charge in [0.1, 0.15) is 5.82 Å². The van der Waals surface area contributed by atoms with Crippen molar-refractivity contribution in [2.75, 3.05) is 5.73 Å². The van der Waals surface area contributed by atoms with Gasteiger partial charge in [0.15, 0.2) is 0 Å². The molecule has 2 nitrogen and oxygen atoms in total. The number of nitrogens with two attached hydrogens (primary N) is 1. The van der Waals surface area contributed by atoms with Gasteiger partial charge in [-0.15, -0.1) is 0 Å². The van der Waals surface area contributed by atoms with E-state index in [1.54, 1.807) is 12.1 Å². The smallest absolute Gasteiger partial charge is 0.127 e. The fraction of sp³-hybridized carbons (Fsp3) is 0.143. The van der Waals surface area contributed by atoms with Crippen LogP contribution in [0.25, 0.3) is 0 Å². The van der Waals surface area contributed by atoms with E-state index >= 15 is 0 Å². The summed E-state index contributed by atoms with van der Waals surface area (Å²) in [6, 6.07) is 9.53. The van der Waals surface area contributed by atoms with Crippen LogP contribution in [0.15, 0.2) is 41.3 Å². The van der Waals surface area contributed by atoms with Gasteiger partial charge in [0.05, 0.1) is 21.4 Å². The third-order valence-corrected chi connectivity index (χ3v) is 4.36. The topological polar surface area (TPSA) is 43.1 Å². The number of hydrogen-bond donors (Lipinski definition) is 1. The molecule has 5 heteroatoms. The molecule has 100 valence electrons. The summed E-state index contributed by atoms with van der Waals surface area (Å²) in [4.78, 5) is 0.527. The molecule has 0 heterocycles. The highest BCUT2D eigenvalue weighted by atomic mass is 35.5. The normalized spacial score (nSPS) is 12.4. The minimum Gasteiger partial charge on any atom is -0.398 e. The van der Waals surface area contributed by atoms with Crippen LogP contribution >= 0.6 is 11.6 Å². The molecule has 2 N–H and O–H groups in total. The average molecular weight is 298 g/mol. The van der Waals surface area contributed by atoms with Crippen molar-refractivity contribution in [3.05, 3.63) is 58.4 Å². The van der Waals surface area contributed by atoms with Gasteiger partial charge in [-0.1, -0.05) is 17.7 Å². The van der Waals surface area contributed by atoms with Crippen LogP contribution in [-0.2, 0) is 16.6 Å². The number of halogens is 2. The zero-order valence-electron chi connectivity index (χ0n) is 10.3. The molecule has 0 amide bonds. The number of aryl methyl sites for hydroxylation is 1. The standard InChI is InChI=1S/C14H13ClFNOS/c1-9-2-5-13(17)14(6-9)19(18)8-10-7-11(15)3-4-12(10)16/h2-7H,8,17H2,1H3. The lowest BCUT2D eigenvalue weighted by Gasteiger charge is -2.08. The molecule has 1 atom stereocenters. The Bertz CT molecular complexity index is 645. The second-order valence-corrected chi connectivity index (χ2v) is 6.12. The summed E-state index contributed by atoms with van der Waals surface area (Å²) < 4.78 is 25.9. The van der Waals surface area contributed by atoms with Crippen LogP contribution in [0.5, 0.6) is 0 Å². The summed E-state index contributed by atoms with van der Waals surface area (Å²) in [7, 11) is -1.40. The molecule has 0 saturated heterocycles. The number of rotatable bonds is 3. The molecule has 0 fully saturated rings. The highest BCUT2D eigenvalue weighted by molar-refractivity contribution is 7.84. The molecule has 0 aliphatic rings. The van der Waals surface area contributed by atoms with E-state index in [1.165, 1.54) is 18.2 Å². The van der Waals surface area contributed by atoms with Gasteiger partial charge >= 0.3 is 0 Å². The van der Waals surface area contributed by atoms with Crippen molar-refractivity contribution < 1.29 is 8.60 Å². The Kier molecular flexibility index (Phi) is 4.22. The van der Waals surface area contributed by atoms with Crippen LogP contribution in [0.4, 0.5) is 10.1 Å². The number of hydrogen-bond acceptors (Lipinski definition) is 2. The van der Waals surface area contributed by atoms with E-state index in [1.807, 2.05) is 13.0 Å². The van der Waals surface area contributed by atoms with Crippen molar-refractivity contribution in [1.82, 2.24) is 0 Å². The van der Waals surface area contributed by atoms with Gasteiger partial charge in [-0.05, 0) is 42.8 Å². The number of nitrogen functional groups attached to an aromatic ring is 1. The summed E-state index contributed by atoms with van der Waals surface area (Å²) >= 11 is 5.81. The monoisotopic (exact) mass is 297 g/mol. The van der Waals surface area contributed by atoms with Gasteiger partial charge in [0, 0.05) is 16.3 Å². The molecular weight excluding hydrogens is 285 g/mol. The lowest BCUT2D eigenvalue weighted by atomic mass is 10.2. The van der Waals surface area contributed by atoms with Gasteiger partial charge in [-0.2, -0.15) is 0 Å². The van der Waals surface area contributed by atoms with E-state index in [0.717, 1.165) is 5.56 Å². The van der Waals surface area contributed by atoms with Crippen molar-refractivity contribution in [3.8, 4) is 0 Å². The molecule has 2 aromatic rings. The van der Waals surface area contributed by atoms with Crippen LogP contribution in [0, 0.1) is 12.7 Å². The first-order chi connectivity index (χ1) is 8.97. The fourth-order valence-corrected chi connectivity index (χ4v) is 3.21. The lowest BCUT2D eigenvalue weighted by Crippen LogP contribution is -2.03. The van der Waals surface area contributed by atoms with Crippen LogP contribution < -0.4 is 5.73 Å². The van der Waals surface area contributed by atoms with Gasteiger partial charge in [0.2, 0.25) is 0 Å². The molecule has 2 aromatic carbocycles. The summed E-state index contributed by atoms with van der Waals surface area (Å²) in [6.07, 6.45) is 0. The molecular formula is C14H13ClFNOS. The number of benzene rings is 2. The minimum atomic E-state index is -1.40. The van der Waals surface area contributed by atoms with Crippen LogP contribution in [0.3, 0.4) is 0 Å². The van der Waals surface area contributed by atoms with E-state index in [-0.39, 0.29) is 5.75 Å². The first-order valence-corrected chi connectivity index (χ1v) is 7.35. The summed E-state index contributed by atoms with van der Waals surface area (Å²) in [5.41, 5.74) is 7.54. The van der Waals surface area contributed by atoms with E-state index in [9.17, 15) is 8.60 Å². The quantitative estimate of drug-likeness (QED) is 0.878. The van der Waals surface area contributed by atoms with Crippen LogP contribution in [0.2, 0.25) is 5.02 Å². The van der Waals surface area contributed by atoms with E-state index < -0.39 is 16.6 Å². The van der Waals surface area contributed by atoms with Gasteiger partial charge in [-0.3, -0.25) is 4.21 Å². The second kappa shape index (κ2) is 5.72. The highest BCUT2D eigenvalue weighted by Gasteiger charge is 2.12. The largest absolute Gasteiger partial charge is 0.398 e. The Morgan fingerprint density at radius 1 is 1.26 bits per heavy atom. The van der Waals surface area contributed by atoms with Crippen molar-refractivity contribution in [3.63, 3.8) is 0 Å². The zero-order chi connectivity index (χ0) is 14.0. The SMILES string of the molecule is Cc1ccc(N)c(S(=O)Cc2cc(Cl)ccc2F)c1. The Hall–Kier alpha value is -1.39. The van der Waals surface area contributed by atoms with Gasteiger partial charge in [-0.25, -0.2) is 4.39 Å². The number of anilines is 1. The minimum absolute atomic E-state index is 0.0556. The maximum Gasteiger partial charge on any atom is 0.127 e. The van der Waals surface area contributed by atoms with Gasteiger partial charge in [0.25, 0.3) is 0 Å². The first-order valence-electron chi connectivity index (χ1n) is 5.66. The molecule has 19 heavy (non-hydrogen) atoms. The molecule has 0 aliphatic carbocycles. The lowest BCUT2D eigenvalue weighted by molar-refractivity contribution is 0.615. The summed E-state index contributed by atoms with van der Waals surface area (Å²) in [6.45, 7) is 1.89. The Morgan fingerprint density at radius 2 is 2.00 bits per heavy atom. The average Bonchev–Trinajstić information content (AvgIpc) is 2.36. The zero-order valence-corrected chi connectivity index (χ0v) is 11.9. The highest BCUT2D eigenvalue weighted by Crippen LogP contribution is 2.23. The third kappa shape index (κ3) is 3.33. The van der Waals surface area contributed by atoms with Crippen molar-refractivity contribution in [2.45, 2.75) is 17.6 Å². The van der Waals surface area contributed by atoms with E-state index in [0.29, 0.717) is 21.2 Å². The van der Waals surface area contributed by atoms with E-state index in [4.69, 9.17) is 17.3 Å². The molecule has 1 unspecified atom stereocenters. The van der Waals surface area contributed by atoms with Crippen LogP contribution in [0.1, 0.15) is 11.1 Å². The van der Waals surface area contributed by atoms with Gasteiger partial charge < -0.3 is 5.73 Å². The van der Waals surface area contributed by atoms with Crippen molar-refractivity contribution >= 4 is 28.1 Å².